The molecule has 2 aliphatic heterocycles. The van der Waals surface area contributed by atoms with Crippen molar-refractivity contribution in [2.75, 3.05) is 39.4 Å². The van der Waals surface area contributed by atoms with Crippen LogP contribution in [0.4, 0.5) is 0 Å². The maximum absolute atomic E-state index is 12.6. The molecule has 1 amide bonds. The first-order valence-corrected chi connectivity index (χ1v) is 13.3. The Morgan fingerprint density at radius 2 is 1.54 bits per heavy atom. The van der Waals surface area contributed by atoms with Gasteiger partial charge in [-0.3, -0.25) is 14.5 Å². The number of benzene rings is 1. The Morgan fingerprint density at radius 3 is 2.08 bits per heavy atom. The lowest BCUT2D eigenvalue weighted by atomic mass is 9.82. The Labute approximate surface area is 218 Å². The lowest BCUT2D eigenvalue weighted by Crippen LogP contribution is -2.62. The van der Waals surface area contributed by atoms with Crippen LogP contribution >= 0.6 is 0 Å². The summed E-state index contributed by atoms with van der Waals surface area (Å²) in [5.74, 6) is -0.204. The number of carboxylic acid groups (broad SMARTS) is 1. The van der Waals surface area contributed by atoms with E-state index in [0.717, 1.165) is 18.7 Å². The van der Waals surface area contributed by atoms with Crippen LogP contribution < -0.4 is 0 Å². The first kappa shape index (κ1) is 29.5. The molecule has 1 saturated carbocycles. The SMILES string of the molecule is O=C(O)[C@H](CC(=O)N1C[C@H]2CCCC[C@H]2C1)Cc1ccccc1.OCCN1C[C@H](O)[C@@H](O)[C@H](O)[C@H]1CO. The number of aliphatic hydroxyl groups excluding tert-OH is 5. The second-order valence-electron chi connectivity index (χ2n) is 10.5. The molecule has 37 heavy (non-hydrogen) atoms. The van der Waals surface area contributed by atoms with Crippen LogP contribution in [0.15, 0.2) is 30.3 Å². The minimum Gasteiger partial charge on any atom is -0.481 e. The van der Waals surface area contributed by atoms with Crippen LogP contribution in [0.1, 0.15) is 37.7 Å². The zero-order valence-corrected chi connectivity index (χ0v) is 21.3. The van der Waals surface area contributed by atoms with Gasteiger partial charge in [-0.25, -0.2) is 0 Å². The molecular formula is C27H42N2O8. The van der Waals surface area contributed by atoms with Gasteiger partial charge in [0.05, 0.1) is 31.3 Å². The Hall–Kier alpha value is -2.08. The molecule has 1 aliphatic carbocycles. The summed E-state index contributed by atoms with van der Waals surface area (Å²) >= 11 is 0. The van der Waals surface area contributed by atoms with E-state index in [1.807, 2.05) is 35.2 Å². The molecule has 3 fully saturated rings. The summed E-state index contributed by atoms with van der Waals surface area (Å²) in [7, 11) is 0. The van der Waals surface area contributed by atoms with Gasteiger partial charge in [-0.05, 0) is 36.7 Å². The van der Waals surface area contributed by atoms with Gasteiger partial charge in [0.2, 0.25) is 5.91 Å². The maximum Gasteiger partial charge on any atom is 0.307 e. The normalized spacial score (nSPS) is 30.7. The maximum atomic E-state index is 12.6. The molecule has 0 spiro atoms. The van der Waals surface area contributed by atoms with Crippen molar-refractivity contribution >= 4 is 11.9 Å². The number of aliphatic carboxylic acids is 1. The zero-order valence-electron chi connectivity index (χ0n) is 21.3. The summed E-state index contributed by atoms with van der Waals surface area (Å²) in [6.07, 6.45) is 2.06. The summed E-state index contributed by atoms with van der Waals surface area (Å²) in [4.78, 5) is 27.6. The number of aliphatic hydroxyl groups is 5. The van der Waals surface area contributed by atoms with Gasteiger partial charge in [0, 0.05) is 32.6 Å². The van der Waals surface area contributed by atoms with E-state index in [2.05, 4.69) is 0 Å². The van der Waals surface area contributed by atoms with Gasteiger partial charge in [0.15, 0.2) is 0 Å². The predicted octanol–water partition coefficient (Wildman–Crippen LogP) is -0.293. The fraction of sp³-hybridized carbons (Fsp3) is 0.704. The number of carboxylic acids is 1. The second-order valence-corrected chi connectivity index (χ2v) is 10.5. The van der Waals surface area contributed by atoms with Crippen LogP contribution in [0.25, 0.3) is 0 Å². The predicted molar refractivity (Wildman–Crippen MR) is 135 cm³/mol. The van der Waals surface area contributed by atoms with Crippen molar-refractivity contribution in [3.05, 3.63) is 35.9 Å². The van der Waals surface area contributed by atoms with Crippen LogP contribution in [-0.2, 0) is 16.0 Å². The van der Waals surface area contributed by atoms with Gasteiger partial charge >= 0.3 is 5.97 Å². The minimum absolute atomic E-state index is 0.0164. The highest BCUT2D eigenvalue weighted by atomic mass is 16.4. The van der Waals surface area contributed by atoms with Crippen molar-refractivity contribution in [3.63, 3.8) is 0 Å². The van der Waals surface area contributed by atoms with Crippen LogP contribution in [0.3, 0.4) is 0 Å². The minimum atomic E-state index is -1.23. The fourth-order valence-corrected chi connectivity index (χ4v) is 5.86. The molecule has 6 N–H and O–H groups in total. The van der Waals surface area contributed by atoms with Gasteiger partial charge in [-0.15, -0.1) is 0 Å². The molecule has 10 heteroatoms. The van der Waals surface area contributed by atoms with E-state index >= 15 is 0 Å². The number of carbonyl (C=O) groups is 2. The summed E-state index contributed by atoms with van der Waals surface area (Å²) in [5.41, 5.74) is 0.975. The topological polar surface area (TPSA) is 162 Å². The second kappa shape index (κ2) is 14.2. The standard InChI is InChI=1S/C19H25NO3.C8H17NO5/c21-18(20-12-15-8-4-5-9-16(15)13-20)11-17(19(22)23)10-14-6-2-1-3-7-14;10-2-1-9-3-6(12)8(14)7(13)5(9)4-11/h1-3,6-7,15-17H,4-5,8-13H2,(H,22,23);5-8,10-14H,1-4H2/t15-,16+,17-;5-,6+,7-,8-/m01/s1. The molecule has 208 valence electrons. The Morgan fingerprint density at radius 1 is 0.919 bits per heavy atom. The van der Waals surface area contributed by atoms with E-state index in [9.17, 15) is 30.0 Å². The number of β-amino-alcohol motifs (C(OH)–C–C–N with tert-alkyl or cyclic N) is 2. The van der Waals surface area contributed by atoms with Crippen molar-refractivity contribution in [1.29, 1.82) is 0 Å². The number of hydrogen-bond donors (Lipinski definition) is 6. The lowest BCUT2D eigenvalue weighted by Gasteiger charge is -2.42. The Kier molecular flexibility index (Phi) is 11.3. The fourth-order valence-electron chi connectivity index (χ4n) is 5.86. The molecule has 0 bridgehead atoms. The van der Waals surface area contributed by atoms with E-state index in [-0.39, 0.29) is 38.6 Å². The van der Waals surface area contributed by atoms with Crippen molar-refractivity contribution < 1.29 is 40.2 Å². The zero-order chi connectivity index (χ0) is 26.9. The Bertz CT molecular complexity index is 842. The van der Waals surface area contributed by atoms with Crippen molar-refractivity contribution in [2.24, 2.45) is 17.8 Å². The molecule has 3 aliphatic rings. The van der Waals surface area contributed by atoms with E-state index < -0.39 is 36.2 Å². The highest BCUT2D eigenvalue weighted by molar-refractivity contribution is 5.82. The van der Waals surface area contributed by atoms with E-state index in [0.29, 0.717) is 18.3 Å². The average molecular weight is 523 g/mol. The number of rotatable bonds is 8. The summed E-state index contributed by atoms with van der Waals surface area (Å²) in [5, 5.41) is 55.4. The number of likely N-dealkylation sites (tertiary alicyclic amines) is 2. The smallest absolute Gasteiger partial charge is 0.307 e. The number of nitrogens with zero attached hydrogens (tertiary/aromatic N) is 2. The van der Waals surface area contributed by atoms with Gasteiger partial charge in [0.1, 0.15) is 12.2 Å². The van der Waals surface area contributed by atoms with E-state index in [4.69, 9.17) is 10.2 Å². The molecule has 4 rings (SSSR count). The van der Waals surface area contributed by atoms with Gasteiger partial charge in [-0.2, -0.15) is 0 Å². The highest BCUT2D eigenvalue weighted by Crippen LogP contribution is 2.36. The molecule has 2 heterocycles. The van der Waals surface area contributed by atoms with Crippen LogP contribution in [0.5, 0.6) is 0 Å². The Balaban J connectivity index is 0.000000233. The molecule has 2 saturated heterocycles. The molecule has 7 atom stereocenters. The third-order valence-electron chi connectivity index (χ3n) is 8.03. The van der Waals surface area contributed by atoms with Gasteiger partial charge < -0.3 is 35.5 Å². The molecule has 0 radical (unpaired) electrons. The van der Waals surface area contributed by atoms with Crippen molar-refractivity contribution in [1.82, 2.24) is 9.80 Å². The quantitative estimate of drug-likeness (QED) is 0.269. The molecule has 0 aromatic heterocycles. The largest absolute Gasteiger partial charge is 0.481 e. The summed E-state index contributed by atoms with van der Waals surface area (Å²) in [6, 6.07) is 8.94. The third-order valence-corrected chi connectivity index (χ3v) is 8.03. The van der Waals surface area contributed by atoms with E-state index in [1.54, 1.807) is 4.90 Å². The monoisotopic (exact) mass is 522 g/mol. The number of piperidine rings is 1. The molecular weight excluding hydrogens is 480 g/mol. The first-order chi connectivity index (χ1) is 17.7. The van der Waals surface area contributed by atoms with Crippen LogP contribution in [-0.4, -0.2) is 116 Å². The van der Waals surface area contributed by atoms with Gasteiger partial charge in [0.25, 0.3) is 0 Å². The van der Waals surface area contributed by atoms with Crippen molar-refractivity contribution in [3.8, 4) is 0 Å². The van der Waals surface area contributed by atoms with Crippen LogP contribution in [0, 0.1) is 17.8 Å². The molecule has 0 unspecified atom stereocenters. The number of fused-ring (bicyclic) bond motifs is 1. The van der Waals surface area contributed by atoms with E-state index in [1.165, 1.54) is 25.7 Å². The highest BCUT2D eigenvalue weighted by Gasteiger charge is 2.40. The average Bonchev–Trinajstić information content (AvgIpc) is 3.33. The molecule has 1 aromatic rings. The number of hydrogen-bond acceptors (Lipinski definition) is 8. The summed E-state index contributed by atoms with van der Waals surface area (Å²) < 4.78 is 0. The first-order valence-electron chi connectivity index (χ1n) is 13.3. The van der Waals surface area contributed by atoms with Crippen molar-refractivity contribution in [2.45, 2.75) is 62.9 Å². The molecule has 1 aromatic carbocycles. The number of carbonyl (C=O) groups excluding carboxylic acids is 1. The lowest BCUT2D eigenvalue weighted by molar-refractivity contribution is -0.146. The molecule has 10 nitrogen and oxygen atoms in total. The third kappa shape index (κ3) is 7.95. The summed E-state index contributed by atoms with van der Waals surface area (Å²) in [6.45, 7) is 1.63. The van der Waals surface area contributed by atoms with Crippen LogP contribution in [0.2, 0.25) is 0 Å². The van der Waals surface area contributed by atoms with Gasteiger partial charge in [-0.1, -0.05) is 43.2 Å². The number of amides is 1.